The van der Waals surface area contributed by atoms with Crippen LogP contribution in [0.2, 0.25) is 0 Å². The van der Waals surface area contributed by atoms with Gasteiger partial charge in [0.25, 0.3) is 0 Å². The molecule has 134 valence electrons. The zero-order valence-electron chi connectivity index (χ0n) is 15.3. The number of hydrogen-bond acceptors (Lipinski definition) is 4. The van der Waals surface area contributed by atoms with Crippen LogP contribution in [0.3, 0.4) is 0 Å². The molecule has 0 saturated heterocycles. The van der Waals surface area contributed by atoms with E-state index in [1.165, 1.54) is 0 Å². The fourth-order valence-electron chi connectivity index (χ4n) is 2.49. The van der Waals surface area contributed by atoms with Gasteiger partial charge < -0.3 is 24.8 Å². The van der Waals surface area contributed by atoms with Crippen LogP contribution in [0.15, 0.2) is 23.2 Å². The van der Waals surface area contributed by atoms with Crippen LogP contribution < -0.4 is 20.1 Å². The summed E-state index contributed by atoms with van der Waals surface area (Å²) in [6, 6.07) is 5.81. The molecular formula is C18H29N3O3. The number of ether oxygens (including phenoxy) is 3. The topological polar surface area (TPSA) is 64.1 Å². The molecule has 6 nitrogen and oxygen atoms in total. The van der Waals surface area contributed by atoms with E-state index in [9.17, 15) is 0 Å². The molecule has 0 spiro atoms. The van der Waals surface area contributed by atoms with Crippen molar-refractivity contribution in [2.75, 3.05) is 39.2 Å². The van der Waals surface area contributed by atoms with Gasteiger partial charge in [0.05, 0.1) is 19.3 Å². The van der Waals surface area contributed by atoms with Crippen molar-refractivity contribution in [1.29, 1.82) is 0 Å². The van der Waals surface area contributed by atoms with Crippen molar-refractivity contribution in [3.63, 3.8) is 0 Å². The van der Waals surface area contributed by atoms with Crippen LogP contribution in [0.5, 0.6) is 11.5 Å². The summed E-state index contributed by atoms with van der Waals surface area (Å²) in [7, 11) is 3.48. The molecule has 24 heavy (non-hydrogen) atoms. The van der Waals surface area contributed by atoms with E-state index >= 15 is 0 Å². The van der Waals surface area contributed by atoms with Gasteiger partial charge in [0.15, 0.2) is 17.5 Å². The Morgan fingerprint density at radius 1 is 1.25 bits per heavy atom. The molecule has 0 fully saturated rings. The molecule has 0 aromatic heterocycles. The Labute approximate surface area is 144 Å². The van der Waals surface area contributed by atoms with Gasteiger partial charge in [-0.15, -0.1) is 0 Å². The molecule has 0 bridgehead atoms. The van der Waals surface area contributed by atoms with Crippen molar-refractivity contribution in [2.45, 2.75) is 33.3 Å². The predicted octanol–water partition coefficient (Wildman–Crippen LogP) is 2.90. The lowest BCUT2D eigenvalue weighted by Gasteiger charge is -2.30. The van der Waals surface area contributed by atoms with E-state index in [2.05, 4.69) is 36.4 Å². The van der Waals surface area contributed by atoms with Gasteiger partial charge in [-0.25, -0.2) is 0 Å². The van der Waals surface area contributed by atoms with Crippen LogP contribution in [0.25, 0.3) is 0 Å². The van der Waals surface area contributed by atoms with E-state index in [1.54, 1.807) is 14.2 Å². The van der Waals surface area contributed by atoms with Crippen LogP contribution in [-0.4, -0.2) is 46.0 Å². The minimum absolute atomic E-state index is 0.0514. The Hall–Kier alpha value is -1.95. The number of methoxy groups -OCH3 is 1. The summed E-state index contributed by atoms with van der Waals surface area (Å²) in [5.74, 6) is 2.24. The normalized spacial score (nSPS) is 16.3. The van der Waals surface area contributed by atoms with E-state index in [0.29, 0.717) is 25.7 Å². The lowest BCUT2D eigenvalue weighted by atomic mass is 9.89. The second-order valence-electron chi connectivity index (χ2n) is 6.88. The first-order chi connectivity index (χ1) is 11.4. The molecule has 0 radical (unpaired) electrons. The maximum atomic E-state index is 5.72. The van der Waals surface area contributed by atoms with E-state index in [-0.39, 0.29) is 11.5 Å². The highest BCUT2D eigenvalue weighted by Gasteiger charge is 2.24. The van der Waals surface area contributed by atoms with Crippen LogP contribution in [0, 0.1) is 5.41 Å². The second kappa shape index (κ2) is 8.24. The Kier molecular flexibility index (Phi) is 6.31. The van der Waals surface area contributed by atoms with E-state index in [4.69, 9.17) is 14.2 Å². The van der Waals surface area contributed by atoms with E-state index in [0.717, 1.165) is 23.6 Å². The second-order valence-corrected chi connectivity index (χ2v) is 6.88. The van der Waals surface area contributed by atoms with Crippen LogP contribution in [-0.2, 0) is 4.74 Å². The fourth-order valence-corrected chi connectivity index (χ4v) is 2.49. The fraction of sp³-hybridized carbons (Fsp3) is 0.611. The molecule has 0 aliphatic carbocycles. The third-order valence-electron chi connectivity index (χ3n) is 3.94. The van der Waals surface area contributed by atoms with Crippen molar-refractivity contribution < 1.29 is 14.2 Å². The molecule has 1 aromatic carbocycles. The van der Waals surface area contributed by atoms with Gasteiger partial charge >= 0.3 is 0 Å². The first-order valence-electron chi connectivity index (χ1n) is 8.34. The minimum Gasteiger partial charge on any atom is -0.490 e. The molecule has 2 rings (SSSR count). The zero-order chi connectivity index (χ0) is 17.6. The van der Waals surface area contributed by atoms with Crippen molar-refractivity contribution in [2.24, 2.45) is 10.4 Å². The summed E-state index contributed by atoms with van der Waals surface area (Å²) in [5, 5.41) is 6.59. The van der Waals surface area contributed by atoms with Gasteiger partial charge in [0.2, 0.25) is 0 Å². The Morgan fingerprint density at radius 3 is 2.58 bits per heavy atom. The Balaban J connectivity index is 1.99. The number of hydrogen-bond donors (Lipinski definition) is 2. The maximum Gasteiger partial charge on any atom is 0.195 e. The average molecular weight is 335 g/mol. The van der Waals surface area contributed by atoms with Gasteiger partial charge in [0, 0.05) is 38.9 Å². The van der Waals surface area contributed by atoms with Crippen molar-refractivity contribution >= 4 is 11.6 Å². The van der Waals surface area contributed by atoms with E-state index < -0.39 is 0 Å². The average Bonchev–Trinajstić information content (AvgIpc) is 2.77. The molecule has 0 saturated carbocycles. The molecule has 2 N–H and O–H groups in total. The number of nitrogens with one attached hydrogen (secondary N) is 2. The highest BCUT2D eigenvalue weighted by molar-refractivity contribution is 5.93. The Bertz CT molecular complexity index is 567. The van der Waals surface area contributed by atoms with Crippen LogP contribution in [0.4, 0.5) is 5.69 Å². The third kappa shape index (κ3) is 5.03. The summed E-state index contributed by atoms with van der Waals surface area (Å²) >= 11 is 0. The number of aliphatic imine (C=N–C) groups is 1. The van der Waals surface area contributed by atoms with Gasteiger partial charge in [-0.05, 0) is 17.5 Å². The number of anilines is 1. The van der Waals surface area contributed by atoms with Crippen LogP contribution in [0.1, 0.15) is 27.2 Å². The molecule has 1 heterocycles. The number of benzene rings is 1. The maximum absolute atomic E-state index is 5.72. The summed E-state index contributed by atoms with van der Waals surface area (Å²) in [6.45, 7) is 8.50. The van der Waals surface area contributed by atoms with Gasteiger partial charge in [-0.2, -0.15) is 0 Å². The molecule has 1 atom stereocenters. The quantitative estimate of drug-likeness (QED) is 0.654. The molecule has 6 heteroatoms. The third-order valence-corrected chi connectivity index (χ3v) is 3.94. The first-order valence-corrected chi connectivity index (χ1v) is 8.34. The van der Waals surface area contributed by atoms with E-state index in [1.807, 2.05) is 18.2 Å². The molecule has 1 unspecified atom stereocenters. The summed E-state index contributed by atoms with van der Waals surface area (Å²) in [6.07, 6.45) is 0.978. The lowest BCUT2D eigenvalue weighted by Crippen LogP contribution is -2.42. The highest BCUT2D eigenvalue weighted by atomic mass is 16.5. The number of nitrogens with zero attached hydrogens (tertiary/aromatic N) is 1. The molecule has 0 amide bonds. The highest BCUT2D eigenvalue weighted by Crippen LogP contribution is 2.32. The first kappa shape index (κ1) is 18.4. The largest absolute Gasteiger partial charge is 0.490 e. The lowest BCUT2D eigenvalue weighted by molar-refractivity contribution is 0.0206. The standard InChI is InChI=1S/C18H29N3O3/c1-18(2,3)16(22-5)12-20-17(19-4)21-13-7-8-14-15(11-13)24-10-6-9-23-14/h7-8,11,16H,6,9-10,12H2,1-5H3,(H2,19,20,21). The van der Waals surface area contributed by atoms with Crippen LogP contribution >= 0.6 is 0 Å². The van der Waals surface area contributed by atoms with Gasteiger partial charge in [0.1, 0.15) is 0 Å². The summed E-state index contributed by atoms with van der Waals surface area (Å²) < 4.78 is 16.9. The summed E-state index contributed by atoms with van der Waals surface area (Å²) in [4.78, 5) is 4.27. The smallest absolute Gasteiger partial charge is 0.195 e. The van der Waals surface area contributed by atoms with Crippen molar-refractivity contribution in [1.82, 2.24) is 5.32 Å². The molecule has 1 aromatic rings. The van der Waals surface area contributed by atoms with Gasteiger partial charge in [-0.3, -0.25) is 4.99 Å². The minimum atomic E-state index is 0.0514. The number of fused-ring (bicyclic) bond motifs is 1. The molecular weight excluding hydrogens is 306 g/mol. The number of guanidine groups is 1. The van der Waals surface area contributed by atoms with Crippen molar-refractivity contribution in [3.05, 3.63) is 18.2 Å². The zero-order valence-corrected chi connectivity index (χ0v) is 15.3. The summed E-state index contributed by atoms with van der Waals surface area (Å²) in [5.41, 5.74) is 0.952. The predicted molar refractivity (Wildman–Crippen MR) is 97.3 cm³/mol. The molecule has 1 aliphatic rings. The SMILES string of the molecule is CN=C(NCC(OC)C(C)(C)C)Nc1ccc2c(c1)OCCCO2. The monoisotopic (exact) mass is 335 g/mol. The van der Waals surface area contributed by atoms with Gasteiger partial charge in [-0.1, -0.05) is 20.8 Å². The Morgan fingerprint density at radius 2 is 1.96 bits per heavy atom. The molecule has 1 aliphatic heterocycles. The van der Waals surface area contributed by atoms with Crippen molar-refractivity contribution in [3.8, 4) is 11.5 Å². The number of rotatable bonds is 4.